The van der Waals surface area contributed by atoms with Gasteiger partial charge in [0.2, 0.25) is 0 Å². The van der Waals surface area contributed by atoms with E-state index in [0.29, 0.717) is 19.9 Å². The Kier molecular flexibility index (Phi) is 5.22. The largest absolute Gasteiger partial charge is 0.544 e. The van der Waals surface area contributed by atoms with E-state index in [4.69, 9.17) is 4.74 Å². The summed E-state index contributed by atoms with van der Waals surface area (Å²) in [6, 6.07) is 0.0828. The maximum atomic E-state index is 11.1. The van der Waals surface area contributed by atoms with Crippen molar-refractivity contribution in [1.29, 1.82) is 0 Å². The summed E-state index contributed by atoms with van der Waals surface area (Å²) in [5.41, 5.74) is 0. The van der Waals surface area contributed by atoms with Crippen molar-refractivity contribution >= 4 is 21.9 Å². The van der Waals surface area contributed by atoms with Crippen LogP contribution < -0.4 is 5.32 Å². The molecule has 0 aromatic rings. The first-order valence-electron chi connectivity index (χ1n) is 6.42. The van der Waals surface area contributed by atoms with Crippen molar-refractivity contribution in [3.8, 4) is 0 Å². The summed E-state index contributed by atoms with van der Waals surface area (Å²) in [5, 5.41) is 23.6. The summed E-state index contributed by atoms with van der Waals surface area (Å²) >= 11 is 3.58. The molecular weight excluding hydrogens is 332 g/mol. The molecule has 2 rings (SSSR count). The van der Waals surface area contributed by atoms with Gasteiger partial charge in [0.15, 0.2) is 12.4 Å². The molecule has 0 aliphatic carbocycles. The Morgan fingerprint density at radius 3 is 3.15 bits per heavy atom. The molecule has 0 amide bonds. The number of aliphatic hydroxyl groups is 1. The van der Waals surface area contributed by atoms with E-state index in [0.717, 1.165) is 6.42 Å². The van der Waals surface area contributed by atoms with Gasteiger partial charge in [-0.3, -0.25) is 5.32 Å². The molecule has 2 heterocycles. The Labute approximate surface area is 125 Å². The summed E-state index contributed by atoms with van der Waals surface area (Å²) in [5.74, 6) is -0.172. The number of nitrogens with zero attached hydrogens (tertiary/aromatic N) is 3. The topological polar surface area (TPSA) is 97.0 Å². The quantitative estimate of drug-likeness (QED) is 0.315. The van der Waals surface area contributed by atoms with Crippen LogP contribution in [-0.4, -0.2) is 64.4 Å². The second-order valence-corrected chi connectivity index (χ2v) is 5.99. The fourth-order valence-electron chi connectivity index (χ4n) is 2.35. The van der Waals surface area contributed by atoms with Gasteiger partial charge in [0.25, 0.3) is 0 Å². The van der Waals surface area contributed by atoms with Crippen LogP contribution in [-0.2, 0) is 4.74 Å². The molecule has 3 unspecified atom stereocenters. The number of aliphatic hydroxyl groups excluding tert-OH is 1. The molecule has 0 spiro atoms. The van der Waals surface area contributed by atoms with Crippen molar-refractivity contribution in [3.05, 3.63) is 22.5 Å². The van der Waals surface area contributed by atoms with Crippen LogP contribution in [0.5, 0.6) is 0 Å². The Morgan fingerprint density at radius 2 is 2.50 bits per heavy atom. The smallest absolute Gasteiger partial charge is 0.390 e. The van der Waals surface area contributed by atoms with Gasteiger partial charge >= 0.3 is 5.96 Å². The molecule has 0 aromatic heterocycles. The molecule has 2 aliphatic heterocycles. The second-order valence-electron chi connectivity index (χ2n) is 4.81. The van der Waals surface area contributed by atoms with Gasteiger partial charge in [0.05, 0.1) is 13.2 Å². The van der Waals surface area contributed by atoms with Gasteiger partial charge in [0.1, 0.15) is 13.2 Å². The SMILES string of the molecule is O=[N+]([O-])C1=NC=C[N+]1(CCO)CNC1COCCC1Br. The lowest BCUT2D eigenvalue weighted by molar-refractivity contribution is -0.825. The van der Waals surface area contributed by atoms with Gasteiger partial charge in [-0.25, -0.2) is 0 Å². The van der Waals surface area contributed by atoms with E-state index < -0.39 is 4.92 Å². The Morgan fingerprint density at radius 1 is 1.70 bits per heavy atom. The number of alkyl halides is 1. The summed E-state index contributed by atoms with van der Waals surface area (Å²) < 4.78 is 5.31. The monoisotopic (exact) mass is 349 g/mol. The van der Waals surface area contributed by atoms with Crippen molar-refractivity contribution in [3.63, 3.8) is 0 Å². The van der Waals surface area contributed by atoms with Crippen molar-refractivity contribution < 1.29 is 19.2 Å². The van der Waals surface area contributed by atoms with Gasteiger partial charge in [-0.1, -0.05) is 15.9 Å². The number of halogens is 1. The maximum absolute atomic E-state index is 11.1. The predicted octanol–water partition coefficient (Wildman–Crippen LogP) is 0.0125. The van der Waals surface area contributed by atoms with E-state index in [-0.39, 0.29) is 34.5 Å². The number of rotatable bonds is 5. The first-order chi connectivity index (χ1) is 9.59. The first kappa shape index (κ1) is 15.5. The van der Waals surface area contributed by atoms with Crippen LogP contribution in [0.15, 0.2) is 17.4 Å². The molecule has 9 heteroatoms. The minimum absolute atomic E-state index is 0.0828. The zero-order chi connectivity index (χ0) is 14.6. The first-order valence-corrected chi connectivity index (χ1v) is 7.34. The molecule has 2 aliphatic rings. The molecule has 0 saturated carbocycles. The standard InChI is InChI=1S/C11H18BrN4O4/c12-9-1-6-20-7-10(9)14-8-16(4-5-17)3-2-13-11(16)15(18)19/h2-3,9-10,14,17H,1,4-8H2/q+1. The van der Waals surface area contributed by atoms with Crippen molar-refractivity contribution in [1.82, 2.24) is 5.32 Å². The normalized spacial score (nSPS) is 33.2. The number of aliphatic imine (C=N–C) groups is 1. The summed E-state index contributed by atoms with van der Waals surface area (Å²) in [6.07, 6.45) is 3.94. The summed E-state index contributed by atoms with van der Waals surface area (Å²) in [7, 11) is 0. The van der Waals surface area contributed by atoms with E-state index in [9.17, 15) is 15.2 Å². The molecule has 0 bridgehead atoms. The zero-order valence-electron chi connectivity index (χ0n) is 10.9. The third-order valence-corrected chi connectivity index (χ3v) is 4.61. The highest BCUT2D eigenvalue weighted by molar-refractivity contribution is 9.09. The number of guanidine groups is 1. The lowest BCUT2D eigenvalue weighted by atomic mass is 10.1. The third-order valence-electron chi connectivity index (χ3n) is 3.51. The highest BCUT2D eigenvalue weighted by atomic mass is 79.9. The average molecular weight is 350 g/mol. The molecule has 1 saturated heterocycles. The van der Waals surface area contributed by atoms with Gasteiger partial charge in [-0.05, 0) is 6.42 Å². The number of hydrogen-bond acceptors (Lipinski definition) is 6. The van der Waals surface area contributed by atoms with Crippen LogP contribution in [0.3, 0.4) is 0 Å². The van der Waals surface area contributed by atoms with E-state index in [1.54, 1.807) is 6.20 Å². The predicted molar refractivity (Wildman–Crippen MR) is 75.7 cm³/mol. The van der Waals surface area contributed by atoms with Crippen LogP contribution in [0.2, 0.25) is 0 Å². The second kappa shape index (κ2) is 6.72. The molecular formula is C11H18BrN4O4+. The van der Waals surface area contributed by atoms with E-state index in [2.05, 4.69) is 26.2 Å². The summed E-state index contributed by atoms with van der Waals surface area (Å²) in [4.78, 5) is 14.7. The minimum Gasteiger partial charge on any atom is -0.390 e. The van der Waals surface area contributed by atoms with Gasteiger partial charge < -0.3 is 20.0 Å². The van der Waals surface area contributed by atoms with Crippen molar-refractivity contribution in [2.24, 2.45) is 4.99 Å². The lowest BCUT2D eigenvalue weighted by Gasteiger charge is -2.32. The van der Waals surface area contributed by atoms with Gasteiger partial charge in [-0.15, -0.1) is 0 Å². The molecule has 3 atom stereocenters. The lowest BCUT2D eigenvalue weighted by Crippen LogP contribution is -2.59. The number of nitro groups is 1. The average Bonchev–Trinajstić information content (AvgIpc) is 2.82. The van der Waals surface area contributed by atoms with E-state index in [1.807, 2.05) is 0 Å². The third kappa shape index (κ3) is 3.23. The minimum atomic E-state index is -0.500. The molecule has 0 radical (unpaired) electrons. The fourth-order valence-corrected chi connectivity index (χ4v) is 2.88. The molecule has 2 N–H and O–H groups in total. The highest BCUT2D eigenvalue weighted by Crippen LogP contribution is 2.19. The van der Waals surface area contributed by atoms with Crippen LogP contribution in [0.1, 0.15) is 6.42 Å². The van der Waals surface area contributed by atoms with Crippen LogP contribution in [0, 0.1) is 10.1 Å². The molecule has 8 nitrogen and oxygen atoms in total. The van der Waals surface area contributed by atoms with Gasteiger partial charge in [0, 0.05) is 27.4 Å². The van der Waals surface area contributed by atoms with Crippen molar-refractivity contribution in [2.75, 3.05) is 33.0 Å². The van der Waals surface area contributed by atoms with Crippen LogP contribution in [0.4, 0.5) is 0 Å². The Hall–Kier alpha value is -0.870. The molecule has 112 valence electrons. The number of hydrogen-bond donors (Lipinski definition) is 2. The van der Waals surface area contributed by atoms with E-state index >= 15 is 0 Å². The Balaban J connectivity index is 2.04. The number of ether oxygens (including phenoxy) is 1. The van der Waals surface area contributed by atoms with Crippen LogP contribution in [0.25, 0.3) is 0 Å². The van der Waals surface area contributed by atoms with Crippen molar-refractivity contribution in [2.45, 2.75) is 17.3 Å². The maximum Gasteiger partial charge on any atom is 0.544 e. The summed E-state index contributed by atoms with van der Waals surface area (Å²) in [6.45, 7) is 1.63. The van der Waals surface area contributed by atoms with Crippen LogP contribution >= 0.6 is 15.9 Å². The number of quaternary nitrogens is 1. The highest BCUT2D eigenvalue weighted by Gasteiger charge is 2.45. The fraction of sp³-hybridized carbons (Fsp3) is 0.727. The van der Waals surface area contributed by atoms with Gasteiger partial charge in [-0.2, -0.15) is 4.48 Å². The molecule has 0 aromatic carbocycles. The molecule has 20 heavy (non-hydrogen) atoms. The zero-order valence-corrected chi connectivity index (χ0v) is 12.5. The van der Waals surface area contributed by atoms with E-state index in [1.165, 1.54) is 6.20 Å². The Bertz CT molecular complexity index is 431. The number of nitrogens with one attached hydrogen (secondary N) is 1. The molecule has 1 fully saturated rings.